The molecule has 0 radical (unpaired) electrons. The molecule has 1 N–H and O–H groups in total. The van der Waals surface area contributed by atoms with E-state index in [1.165, 1.54) is 32.1 Å². The normalized spacial score (nSPS) is 30.1. The molecule has 0 heterocycles. The van der Waals surface area contributed by atoms with Gasteiger partial charge in [0.15, 0.2) is 0 Å². The van der Waals surface area contributed by atoms with Crippen molar-refractivity contribution in [3.05, 3.63) is 0 Å². The van der Waals surface area contributed by atoms with E-state index in [4.69, 9.17) is 4.74 Å². The van der Waals surface area contributed by atoms with E-state index in [0.717, 1.165) is 13.2 Å². The van der Waals surface area contributed by atoms with Crippen molar-refractivity contribution in [1.29, 1.82) is 0 Å². The summed E-state index contributed by atoms with van der Waals surface area (Å²) in [6.45, 7) is 8.74. The van der Waals surface area contributed by atoms with Gasteiger partial charge in [0, 0.05) is 30.7 Å². The Morgan fingerprint density at radius 1 is 1.25 bits per heavy atom. The van der Waals surface area contributed by atoms with E-state index >= 15 is 0 Å². The molecule has 3 nitrogen and oxygen atoms in total. The highest BCUT2D eigenvalue weighted by atomic mass is 16.5. The first kappa shape index (κ1) is 16.3. The molecule has 0 aromatic heterocycles. The Morgan fingerprint density at radius 3 is 2.40 bits per heavy atom. The number of nitrogens with zero attached hydrogens (tertiary/aromatic N) is 1. The molecule has 0 amide bonds. The number of hydrogen-bond donors (Lipinski definition) is 1. The molecular formula is C17H34N2O. The lowest BCUT2D eigenvalue weighted by atomic mass is 9.60. The lowest BCUT2D eigenvalue weighted by molar-refractivity contribution is -0.131. The molecule has 3 unspecified atom stereocenters. The second kappa shape index (κ2) is 6.76. The van der Waals surface area contributed by atoms with Crippen LogP contribution >= 0.6 is 0 Å². The fourth-order valence-electron chi connectivity index (χ4n) is 4.45. The monoisotopic (exact) mass is 282 g/mol. The van der Waals surface area contributed by atoms with Crippen LogP contribution in [0.3, 0.4) is 0 Å². The van der Waals surface area contributed by atoms with Crippen molar-refractivity contribution in [2.24, 2.45) is 11.3 Å². The minimum atomic E-state index is 0.462. The Balaban J connectivity index is 1.90. The van der Waals surface area contributed by atoms with E-state index in [1.807, 2.05) is 0 Å². The van der Waals surface area contributed by atoms with E-state index < -0.39 is 0 Å². The molecule has 0 aromatic carbocycles. The number of rotatable bonds is 7. The lowest BCUT2D eigenvalue weighted by Gasteiger charge is -2.54. The molecule has 2 aliphatic rings. The van der Waals surface area contributed by atoms with Gasteiger partial charge in [-0.05, 0) is 46.2 Å². The van der Waals surface area contributed by atoms with Crippen LogP contribution in [0.2, 0.25) is 0 Å². The summed E-state index contributed by atoms with van der Waals surface area (Å²) in [6.07, 6.45) is 7.25. The first-order valence-corrected chi connectivity index (χ1v) is 8.52. The summed E-state index contributed by atoms with van der Waals surface area (Å²) in [6, 6.07) is 1.31. The molecule has 3 heteroatoms. The van der Waals surface area contributed by atoms with Gasteiger partial charge in [0.25, 0.3) is 0 Å². The summed E-state index contributed by atoms with van der Waals surface area (Å²) in [5, 5.41) is 3.88. The second-order valence-corrected chi connectivity index (χ2v) is 7.36. The standard InChI is InChI=1S/C17H34N2O/c1-6-20-16-11-15(17(16)9-7-8-10-17)18-12-14(13(2)3)19(4)5/h13-16,18H,6-12H2,1-5H3. The maximum atomic E-state index is 6.00. The maximum absolute atomic E-state index is 6.00. The molecule has 2 fully saturated rings. The Kier molecular flexibility index (Phi) is 5.49. The zero-order chi connectivity index (χ0) is 14.8. The van der Waals surface area contributed by atoms with Crippen molar-refractivity contribution in [3.63, 3.8) is 0 Å². The van der Waals surface area contributed by atoms with Gasteiger partial charge in [-0.25, -0.2) is 0 Å². The zero-order valence-corrected chi connectivity index (χ0v) is 14.1. The van der Waals surface area contributed by atoms with E-state index in [-0.39, 0.29) is 0 Å². The van der Waals surface area contributed by atoms with Crippen molar-refractivity contribution >= 4 is 0 Å². The third-order valence-electron chi connectivity index (χ3n) is 5.69. The Morgan fingerprint density at radius 2 is 1.90 bits per heavy atom. The Hall–Kier alpha value is -0.120. The summed E-state index contributed by atoms with van der Waals surface area (Å²) in [5.74, 6) is 0.694. The molecule has 2 aliphatic carbocycles. The SMILES string of the molecule is CCOC1CC(NCC(C(C)C)N(C)C)C12CCCC2. The molecule has 0 aromatic rings. The van der Waals surface area contributed by atoms with Crippen molar-refractivity contribution in [1.82, 2.24) is 10.2 Å². The highest BCUT2D eigenvalue weighted by molar-refractivity contribution is 5.10. The minimum Gasteiger partial charge on any atom is -0.378 e. The van der Waals surface area contributed by atoms with Crippen LogP contribution in [0.4, 0.5) is 0 Å². The summed E-state index contributed by atoms with van der Waals surface area (Å²) in [7, 11) is 4.39. The van der Waals surface area contributed by atoms with Gasteiger partial charge in [-0.2, -0.15) is 0 Å². The summed E-state index contributed by atoms with van der Waals surface area (Å²) in [5.41, 5.74) is 0.462. The van der Waals surface area contributed by atoms with Gasteiger partial charge in [0.05, 0.1) is 6.10 Å². The number of ether oxygens (including phenoxy) is 1. The fraction of sp³-hybridized carbons (Fsp3) is 1.00. The lowest BCUT2D eigenvalue weighted by Crippen LogP contribution is -2.64. The predicted molar refractivity (Wildman–Crippen MR) is 85.0 cm³/mol. The Labute approximate surface area is 125 Å². The number of nitrogens with one attached hydrogen (secondary N) is 1. The molecule has 0 saturated heterocycles. The predicted octanol–water partition coefficient (Wildman–Crippen LogP) is 2.90. The minimum absolute atomic E-state index is 0.462. The average molecular weight is 282 g/mol. The van der Waals surface area contributed by atoms with Gasteiger partial charge in [-0.3, -0.25) is 0 Å². The van der Waals surface area contributed by atoms with Crippen LogP contribution in [0, 0.1) is 11.3 Å². The quantitative estimate of drug-likeness (QED) is 0.777. The van der Waals surface area contributed by atoms with E-state index in [1.54, 1.807) is 0 Å². The maximum Gasteiger partial charge on any atom is 0.0661 e. The molecule has 2 rings (SSSR count). The molecule has 1 spiro atoms. The van der Waals surface area contributed by atoms with Gasteiger partial charge in [0.1, 0.15) is 0 Å². The van der Waals surface area contributed by atoms with Crippen LogP contribution in [0.25, 0.3) is 0 Å². The van der Waals surface area contributed by atoms with Crippen molar-refractivity contribution in [2.45, 2.75) is 71.1 Å². The van der Waals surface area contributed by atoms with E-state index in [9.17, 15) is 0 Å². The van der Waals surface area contributed by atoms with E-state index in [2.05, 4.69) is 45.1 Å². The molecule has 2 saturated carbocycles. The van der Waals surface area contributed by atoms with Gasteiger partial charge >= 0.3 is 0 Å². The van der Waals surface area contributed by atoms with Crippen LogP contribution < -0.4 is 5.32 Å². The molecule has 0 bridgehead atoms. The van der Waals surface area contributed by atoms with Crippen LogP contribution in [0.5, 0.6) is 0 Å². The largest absolute Gasteiger partial charge is 0.378 e. The average Bonchev–Trinajstić information content (AvgIpc) is 2.88. The smallest absolute Gasteiger partial charge is 0.0661 e. The molecule has 3 atom stereocenters. The molecule has 20 heavy (non-hydrogen) atoms. The van der Waals surface area contributed by atoms with E-state index in [0.29, 0.717) is 29.5 Å². The van der Waals surface area contributed by atoms with Crippen molar-refractivity contribution in [3.8, 4) is 0 Å². The zero-order valence-electron chi connectivity index (χ0n) is 14.1. The number of likely N-dealkylation sites (N-methyl/N-ethyl adjacent to an activating group) is 1. The second-order valence-electron chi connectivity index (χ2n) is 7.36. The topological polar surface area (TPSA) is 24.5 Å². The van der Waals surface area contributed by atoms with Crippen molar-refractivity contribution in [2.75, 3.05) is 27.2 Å². The molecular weight excluding hydrogens is 248 g/mol. The fourth-order valence-corrected chi connectivity index (χ4v) is 4.45. The van der Waals surface area contributed by atoms with Gasteiger partial charge < -0.3 is 15.0 Å². The van der Waals surface area contributed by atoms with Crippen LogP contribution in [0.1, 0.15) is 52.9 Å². The van der Waals surface area contributed by atoms with Gasteiger partial charge in [-0.15, -0.1) is 0 Å². The highest BCUT2D eigenvalue weighted by Gasteiger charge is 2.56. The Bertz CT molecular complexity index is 289. The summed E-state index contributed by atoms with van der Waals surface area (Å²) in [4.78, 5) is 2.36. The van der Waals surface area contributed by atoms with Crippen molar-refractivity contribution < 1.29 is 4.74 Å². The third-order valence-corrected chi connectivity index (χ3v) is 5.69. The summed E-state index contributed by atoms with van der Waals surface area (Å²) < 4.78 is 6.00. The van der Waals surface area contributed by atoms with Crippen LogP contribution in [-0.2, 0) is 4.74 Å². The van der Waals surface area contributed by atoms with Gasteiger partial charge in [0.2, 0.25) is 0 Å². The van der Waals surface area contributed by atoms with Crippen LogP contribution in [-0.4, -0.2) is 50.3 Å². The third kappa shape index (κ3) is 3.05. The van der Waals surface area contributed by atoms with Gasteiger partial charge in [-0.1, -0.05) is 26.7 Å². The highest BCUT2D eigenvalue weighted by Crippen LogP contribution is 2.54. The first-order chi connectivity index (χ1) is 9.51. The molecule has 0 aliphatic heterocycles. The van der Waals surface area contributed by atoms with Crippen LogP contribution in [0.15, 0.2) is 0 Å². The number of hydrogen-bond acceptors (Lipinski definition) is 3. The molecule has 118 valence electrons. The first-order valence-electron chi connectivity index (χ1n) is 8.52. The summed E-state index contributed by atoms with van der Waals surface area (Å²) >= 11 is 0.